The van der Waals surface area contributed by atoms with Crippen LogP contribution in [0.25, 0.3) is 11.3 Å². The van der Waals surface area contributed by atoms with E-state index in [-0.39, 0.29) is 35.9 Å². The average molecular weight is 464 g/mol. The van der Waals surface area contributed by atoms with Gasteiger partial charge in [-0.1, -0.05) is 27.7 Å². The zero-order valence-electron chi connectivity index (χ0n) is 18.5. The highest BCUT2D eigenvalue weighted by atomic mass is 19.4. The lowest BCUT2D eigenvalue weighted by molar-refractivity contribution is -0.142. The van der Waals surface area contributed by atoms with Gasteiger partial charge in [0.25, 0.3) is 0 Å². The van der Waals surface area contributed by atoms with Crippen molar-refractivity contribution in [3.63, 3.8) is 0 Å². The quantitative estimate of drug-likeness (QED) is 0.400. The van der Waals surface area contributed by atoms with Gasteiger partial charge in [0.1, 0.15) is 11.4 Å². The second-order valence-electron chi connectivity index (χ2n) is 7.13. The summed E-state index contributed by atoms with van der Waals surface area (Å²) in [5.74, 6) is -0.354. The first-order valence-corrected chi connectivity index (χ1v) is 10.3. The van der Waals surface area contributed by atoms with Crippen molar-refractivity contribution < 1.29 is 35.8 Å². The number of rotatable bonds is 8. The van der Waals surface area contributed by atoms with Crippen molar-refractivity contribution in [3.05, 3.63) is 34.6 Å². The minimum Gasteiger partial charge on any atom is -0.496 e. The molecule has 0 spiro atoms. The number of methoxy groups -OCH3 is 1. The molecular formula is C22H26F6N2O2. The smallest absolute Gasteiger partial charge is 0.417 e. The summed E-state index contributed by atoms with van der Waals surface area (Å²) in [5, 5.41) is 0. The Morgan fingerprint density at radius 1 is 0.844 bits per heavy atom. The minimum absolute atomic E-state index is 0.0825. The Labute approximate surface area is 183 Å². The molecule has 4 nitrogen and oxygen atoms in total. The number of aromatic nitrogens is 2. The molecule has 0 bridgehead atoms. The first-order chi connectivity index (χ1) is 14.9. The summed E-state index contributed by atoms with van der Waals surface area (Å²) in [6, 6.07) is 0.630. The van der Waals surface area contributed by atoms with Crippen LogP contribution in [0.1, 0.15) is 63.1 Å². The monoisotopic (exact) mass is 464 g/mol. The Morgan fingerprint density at radius 3 is 1.88 bits per heavy atom. The molecule has 0 radical (unpaired) electrons. The highest BCUT2D eigenvalue weighted by Gasteiger charge is 2.41. The van der Waals surface area contributed by atoms with Crippen LogP contribution < -0.4 is 9.47 Å². The normalized spacial score (nSPS) is 12.4. The van der Waals surface area contributed by atoms with Crippen molar-refractivity contribution in [2.75, 3.05) is 7.11 Å². The standard InChI is InChI=1S/C22H26F6N2O2/c1-6-13(7-2)32-20-16(9-4)29-19(15(8-3)30-20)18-14(22(26,27)28)10-12(21(23,24)25)11-17(18)31-5/h10-11,13H,6-9H2,1-5H3. The molecule has 0 saturated carbocycles. The summed E-state index contributed by atoms with van der Waals surface area (Å²) >= 11 is 0. The lowest BCUT2D eigenvalue weighted by Crippen LogP contribution is -2.18. The van der Waals surface area contributed by atoms with Crippen molar-refractivity contribution in [2.24, 2.45) is 0 Å². The van der Waals surface area contributed by atoms with Crippen LogP contribution in [0.5, 0.6) is 11.6 Å². The molecule has 0 aliphatic carbocycles. The van der Waals surface area contributed by atoms with Crippen LogP contribution in [0, 0.1) is 0 Å². The van der Waals surface area contributed by atoms with Crippen LogP contribution in [-0.2, 0) is 25.2 Å². The molecule has 0 saturated heterocycles. The summed E-state index contributed by atoms with van der Waals surface area (Å²) < 4.78 is 92.3. The number of aryl methyl sites for hydroxylation is 2. The number of hydrogen-bond acceptors (Lipinski definition) is 4. The molecule has 2 aromatic rings. The van der Waals surface area contributed by atoms with Crippen molar-refractivity contribution in [3.8, 4) is 22.9 Å². The maximum absolute atomic E-state index is 13.9. The predicted molar refractivity (Wildman–Crippen MR) is 108 cm³/mol. The number of benzene rings is 1. The van der Waals surface area contributed by atoms with E-state index in [1.807, 2.05) is 13.8 Å². The van der Waals surface area contributed by atoms with Gasteiger partial charge in [-0.25, -0.2) is 9.97 Å². The number of halogens is 6. The molecule has 0 aliphatic heterocycles. The molecular weight excluding hydrogens is 438 g/mol. The Morgan fingerprint density at radius 2 is 1.44 bits per heavy atom. The fraction of sp³-hybridized carbons (Fsp3) is 0.545. The fourth-order valence-corrected chi connectivity index (χ4v) is 3.28. The van der Waals surface area contributed by atoms with E-state index in [1.165, 1.54) is 0 Å². The molecule has 0 aliphatic rings. The largest absolute Gasteiger partial charge is 0.496 e. The SMILES string of the molecule is CCc1nc(-c2c(OC)cc(C(F)(F)F)cc2C(F)(F)F)c(CC)nc1OC(CC)CC. The Bertz CT molecular complexity index is 937. The van der Waals surface area contributed by atoms with Crippen molar-refractivity contribution in [1.29, 1.82) is 0 Å². The van der Waals surface area contributed by atoms with Crippen LogP contribution in [0.2, 0.25) is 0 Å². The lowest BCUT2D eigenvalue weighted by atomic mass is 9.96. The highest BCUT2D eigenvalue weighted by Crippen LogP contribution is 2.46. The molecule has 32 heavy (non-hydrogen) atoms. The zero-order chi connectivity index (χ0) is 24.3. The van der Waals surface area contributed by atoms with Gasteiger partial charge in [-0.2, -0.15) is 26.3 Å². The minimum atomic E-state index is -5.08. The molecule has 178 valence electrons. The first kappa shape index (κ1) is 25.7. The van der Waals surface area contributed by atoms with Gasteiger partial charge in [-0.15, -0.1) is 0 Å². The van der Waals surface area contributed by atoms with Gasteiger partial charge >= 0.3 is 12.4 Å². The topological polar surface area (TPSA) is 44.2 Å². The van der Waals surface area contributed by atoms with E-state index < -0.39 is 34.8 Å². The van der Waals surface area contributed by atoms with Gasteiger partial charge in [0, 0.05) is 0 Å². The third-order valence-corrected chi connectivity index (χ3v) is 5.05. The predicted octanol–water partition coefficient (Wildman–Crippen LogP) is 6.88. The average Bonchev–Trinajstić information content (AvgIpc) is 2.74. The van der Waals surface area contributed by atoms with Gasteiger partial charge < -0.3 is 9.47 Å². The van der Waals surface area contributed by atoms with Gasteiger partial charge in [-0.3, -0.25) is 0 Å². The van der Waals surface area contributed by atoms with Gasteiger partial charge in [0.05, 0.1) is 41.3 Å². The first-order valence-electron chi connectivity index (χ1n) is 10.3. The van der Waals surface area contributed by atoms with Crippen molar-refractivity contribution in [2.45, 2.75) is 71.8 Å². The molecule has 0 amide bonds. The van der Waals surface area contributed by atoms with E-state index in [2.05, 4.69) is 9.97 Å². The zero-order valence-corrected chi connectivity index (χ0v) is 18.5. The van der Waals surface area contributed by atoms with E-state index >= 15 is 0 Å². The van der Waals surface area contributed by atoms with Gasteiger partial charge in [-0.05, 0) is 37.8 Å². The van der Waals surface area contributed by atoms with E-state index in [1.54, 1.807) is 13.8 Å². The summed E-state index contributed by atoms with van der Waals surface area (Å²) in [7, 11) is 1.02. The van der Waals surface area contributed by atoms with Crippen LogP contribution >= 0.6 is 0 Å². The van der Waals surface area contributed by atoms with Crippen LogP contribution in [-0.4, -0.2) is 23.2 Å². The summed E-state index contributed by atoms with van der Waals surface area (Å²) in [6.07, 6.45) is -8.29. The number of alkyl halides is 6. The fourth-order valence-electron chi connectivity index (χ4n) is 3.28. The Hall–Kier alpha value is -2.52. The van der Waals surface area contributed by atoms with E-state index in [0.717, 1.165) is 7.11 Å². The third-order valence-electron chi connectivity index (χ3n) is 5.05. The third kappa shape index (κ3) is 5.45. The van der Waals surface area contributed by atoms with Crippen LogP contribution in [0.3, 0.4) is 0 Å². The second kappa shape index (κ2) is 9.95. The van der Waals surface area contributed by atoms with Crippen LogP contribution in [0.4, 0.5) is 26.3 Å². The van der Waals surface area contributed by atoms with E-state index in [4.69, 9.17) is 9.47 Å². The molecule has 0 N–H and O–H groups in total. The number of hydrogen-bond donors (Lipinski definition) is 0. The van der Waals surface area contributed by atoms with Gasteiger partial charge in [0.2, 0.25) is 5.88 Å². The number of ether oxygens (including phenoxy) is 2. The summed E-state index contributed by atoms with van der Waals surface area (Å²) in [4.78, 5) is 8.79. The molecule has 0 atom stereocenters. The summed E-state index contributed by atoms with van der Waals surface area (Å²) in [6.45, 7) is 7.29. The van der Waals surface area contributed by atoms with Crippen molar-refractivity contribution >= 4 is 0 Å². The summed E-state index contributed by atoms with van der Waals surface area (Å²) in [5.41, 5.74) is -3.18. The molecule has 2 rings (SSSR count). The maximum atomic E-state index is 13.9. The molecule has 1 aromatic heterocycles. The Kier molecular flexibility index (Phi) is 8.01. The molecule has 1 aromatic carbocycles. The lowest BCUT2D eigenvalue weighted by Gasteiger charge is -2.22. The molecule has 1 heterocycles. The molecule has 10 heteroatoms. The van der Waals surface area contributed by atoms with Gasteiger partial charge in [0.15, 0.2) is 0 Å². The number of nitrogens with zero attached hydrogens (tertiary/aromatic N) is 2. The Balaban J connectivity index is 2.86. The van der Waals surface area contributed by atoms with Crippen LogP contribution in [0.15, 0.2) is 12.1 Å². The molecule has 0 fully saturated rings. The van der Waals surface area contributed by atoms with Crippen molar-refractivity contribution in [1.82, 2.24) is 9.97 Å². The highest BCUT2D eigenvalue weighted by molar-refractivity contribution is 5.75. The maximum Gasteiger partial charge on any atom is 0.417 e. The van der Waals surface area contributed by atoms with E-state index in [0.29, 0.717) is 31.0 Å². The van der Waals surface area contributed by atoms with E-state index in [9.17, 15) is 26.3 Å². The molecule has 0 unspecified atom stereocenters. The second-order valence-corrected chi connectivity index (χ2v) is 7.13.